The minimum absolute atomic E-state index is 0.111. The zero-order valence-corrected chi connectivity index (χ0v) is 10.8. The number of primary amides is 1. The molecule has 5 nitrogen and oxygen atoms in total. The van der Waals surface area contributed by atoms with Crippen LogP contribution in [0.1, 0.15) is 10.4 Å². The summed E-state index contributed by atoms with van der Waals surface area (Å²) in [4.78, 5) is 11.1. The molecule has 0 aliphatic carbocycles. The van der Waals surface area contributed by atoms with Gasteiger partial charge in [0.15, 0.2) is 11.6 Å². The molecule has 0 bridgehead atoms. The molecule has 0 fully saturated rings. The molecule has 2 rings (SSSR count). The van der Waals surface area contributed by atoms with Crippen LogP contribution < -0.4 is 21.5 Å². The smallest absolute Gasteiger partial charge is 0.248 e. The van der Waals surface area contributed by atoms with Crippen molar-refractivity contribution in [3.63, 3.8) is 0 Å². The molecule has 0 heterocycles. The summed E-state index contributed by atoms with van der Waals surface area (Å²) in [5.74, 6) is -0.902. The number of anilines is 3. The van der Waals surface area contributed by atoms with Gasteiger partial charge in [-0.2, -0.15) is 0 Å². The van der Waals surface area contributed by atoms with E-state index in [1.807, 2.05) is 0 Å². The largest absolute Gasteiger partial charge is 0.494 e. The number of halogens is 1. The fourth-order valence-electron chi connectivity index (χ4n) is 1.71. The van der Waals surface area contributed by atoms with Crippen molar-refractivity contribution >= 4 is 23.0 Å². The van der Waals surface area contributed by atoms with Crippen LogP contribution in [-0.4, -0.2) is 13.0 Å². The van der Waals surface area contributed by atoms with Gasteiger partial charge < -0.3 is 21.5 Å². The standard InChI is InChI=1S/C14H14FN3O2/c1-20-13-7-9(3-4-10(13)15)18-12-6-8(14(17)19)2-5-11(12)16/h2-7,18H,16H2,1H3,(H2,17,19). The lowest BCUT2D eigenvalue weighted by molar-refractivity contribution is 0.100. The number of nitrogens with one attached hydrogen (secondary N) is 1. The van der Waals surface area contributed by atoms with Gasteiger partial charge in [0.1, 0.15) is 0 Å². The molecule has 104 valence electrons. The van der Waals surface area contributed by atoms with Gasteiger partial charge in [0.25, 0.3) is 0 Å². The fraction of sp³-hybridized carbons (Fsp3) is 0.0714. The number of nitrogen functional groups attached to an aromatic ring is 1. The number of nitrogens with two attached hydrogens (primary N) is 2. The molecule has 2 aromatic rings. The van der Waals surface area contributed by atoms with E-state index in [2.05, 4.69) is 5.32 Å². The summed E-state index contributed by atoms with van der Waals surface area (Å²) < 4.78 is 18.2. The van der Waals surface area contributed by atoms with Crippen molar-refractivity contribution in [2.24, 2.45) is 5.73 Å². The summed E-state index contributed by atoms with van der Waals surface area (Å²) in [6.45, 7) is 0. The van der Waals surface area contributed by atoms with Crippen LogP contribution in [0.5, 0.6) is 5.75 Å². The van der Waals surface area contributed by atoms with Gasteiger partial charge in [-0.15, -0.1) is 0 Å². The average Bonchev–Trinajstić information content (AvgIpc) is 2.43. The number of hydrogen-bond donors (Lipinski definition) is 3. The lowest BCUT2D eigenvalue weighted by Gasteiger charge is -2.11. The molecule has 5 N–H and O–H groups in total. The second-order valence-corrected chi connectivity index (χ2v) is 4.14. The van der Waals surface area contributed by atoms with Gasteiger partial charge in [-0.1, -0.05) is 0 Å². The third kappa shape index (κ3) is 2.80. The molecule has 0 saturated carbocycles. The maximum absolute atomic E-state index is 13.3. The van der Waals surface area contributed by atoms with E-state index in [0.717, 1.165) is 0 Å². The molecule has 0 spiro atoms. The summed E-state index contributed by atoms with van der Waals surface area (Å²) in [6.07, 6.45) is 0. The molecule has 2 aromatic carbocycles. The number of methoxy groups -OCH3 is 1. The van der Waals surface area contributed by atoms with E-state index in [9.17, 15) is 9.18 Å². The highest BCUT2D eigenvalue weighted by molar-refractivity contribution is 5.95. The number of carbonyl (C=O) groups is 1. The summed E-state index contributed by atoms with van der Waals surface area (Å²) in [6, 6.07) is 8.94. The highest BCUT2D eigenvalue weighted by atomic mass is 19.1. The minimum Gasteiger partial charge on any atom is -0.494 e. The van der Waals surface area contributed by atoms with Crippen molar-refractivity contribution < 1.29 is 13.9 Å². The van der Waals surface area contributed by atoms with Crippen molar-refractivity contribution in [1.29, 1.82) is 0 Å². The van der Waals surface area contributed by atoms with E-state index in [0.29, 0.717) is 22.6 Å². The molecular weight excluding hydrogens is 261 g/mol. The van der Waals surface area contributed by atoms with Crippen LogP contribution in [0.4, 0.5) is 21.5 Å². The van der Waals surface area contributed by atoms with E-state index in [1.165, 1.54) is 37.4 Å². The van der Waals surface area contributed by atoms with E-state index < -0.39 is 11.7 Å². The number of ether oxygens (including phenoxy) is 1. The van der Waals surface area contributed by atoms with E-state index in [-0.39, 0.29) is 5.75 Å². The molecule has 0 unspecified atom stereocenters. The first kappa shape index (κ1) is 13.7. The monoisotopic (exact) mass is 275 g/mol. The lowest BCUT2D eigenvalue weighted by Crippen LogP contribution is -2.11. The van der Waals surface area contributed by atoms with Crippen molar-refractivity contribution in [3.05, 3.63) is 47.8 Å². The van der Waals surface area contributed by atoms with Gasteiger partial charge in [0.2, 0.25) is 5.91 Å². The Labute approximate surface area is 115 Å². The minimum atomic E-state index is -0.551. The van der Waals surface area contributed by atoms with Crippen molar-refractivity contribution in [2.45, 2.75) is 0 Å². The van der Waals surface area contributed by atoms with Gasteiger partial charge >= 0.3 is 0 Å². The Morgan fingerprint density at radius 3 is 2.65 bits per heavy atom. The second kappa shape index (κ2) is 5.48. The van der Waals surface area contributed by atoms with Crippen molar-refractivity contribution in [1.82, 2.24) is 0 Å². The van der Waals surface area contributed by atoms with Crippen LogP contribution in [0.2, 0.25) is 0 Å². The zero-order valence-electron chi connectivity index (χ0n) is 10.8. The molecule has 0 saturated heterocycles. The Balaban J connectivity index is 2.34. The number of hydrogen-bond acceptors (Lipinski definition) is 4. The summed E-state index contributed by atoms with van der Waals surface area (Å²) >= 11 is 0. The number of carbonyl (C=O) groups excluding carboxylic acids is 1. The van der Waals surface area contributed by atoms with Gasteiger partial charge in [-0.25, -0.2) is 4.39 Å². The lowest BCUT2D eigenvalue weighted by atomic mass is 10.1. The average molecular weight is 275 g/mol. The van der Waals surface area contributed by atoms with Gasteiger partial charge in [0.05, 0.1) is 18.5 Å². The Morgan fingerprint density at radius 1 is 1.25 bits per heavy atom. The molecule has 1 amide bonds. The van der Waals surface area contributed by atoms with Gasteiger partial charge in [-0.05, 0) is 30.3 Å². The number of amides is 1. The summed E-state index contributed by atoms with van der Waals surface area (Å²) in [5.41, 5.74) is 12.9. The van der Waals surface area contributed by atoms with Crippen LogP contribution in [0.15, 0.2) is 36.4 Å². The predicted molar refractivity (Wildman–Crippen MR) is 75.6 cm³/mol. The molecule has 0 atom stereocenters. The molecule has 0 aliphatic heterocycles. The Morgan fingerprint density at radius 2 is 2.00 bits per heavy atom. The van der Waals surface area contributed by atoms with Crippen LogP contribution in [0.3, 0.4) is 0 Å². The summed E-state index contributed by atoms with van der Waals surface area (Å²) in [5, 5.41) is 2.99. The highest BCUT2D eigenvalue weighted by Gasteiger charge is 2.08. The van der Waals surface area contributed by atoms with Crippen LogP contribution in [0.25, 0.3) is 0 Å². The van der Waals surface area contributed by atoms with Crippen LogP contribution in [0, 0.1) is 5.82 Å². The zero-order chi connectivity index (χ0) is 14.7. The fourth-order valence-corrected chi connectivity index (χ4v) is 1.71. The maximum Gasteiger partial charge on any atom is 0.248 e. The number of rotatable bonds is 4. The molecule has 6 heteroatoms. The first-order valence-corrected chi connectivity index (χ1v) is 5.81. The molecule has 0 radical (unpaired) electrons. The SMILES string of the molecule is COc1cc(Nc2cc(C(N)=O)ccc2N)ccc1F. The third-order valence-electron chi connectivity index (χ3n) is 2.77. The van der Waals surface area contributed by atoms with E-state index in [1.54, 1.807) is 6.07 Å². The van der Waals surface area contributed by atoms with Crippen LogP contribution >= 0.6 is 0 Å². The van der Waals surface area contributed by atoms with E-state index >= 15 is 0 Å². The topological polar surface area (TPSA) is 90.4 Å². The molecule has 0 aliphatic rings. The number of benzene rings is 2. The predicted octanol–water partition coefficient (Wildman–Crippen LogP) is 2.26. The quantitative estimate of drug-likeness (QED) is 0.746. The molecule has 20 heavy (non-hydrogen) atoms. The van der Waals surface area contributed by atoms with Crippen molar-refractivity contribution in [2.75, 3.05) is 18.2 Å². The Bertz CT molecular complexity index is 659. The highest BCUT2D eigenvalue weighted by Crippen LogP contribution is 2.27. The Kier molecular flexibility index (Phi) is 3.74. The van der Waals surface area contributed by atoms with E-state index in [4.69, 9.17) is 16.2 Å². The third-order valence-corrected chi connectivity index (χ3v) is 2.77. The second-order valence-electron chi connectivity index (χ2n) is 4.14. The van der Waals surface area contributed by atoms with Crippen molar-refractivity contribution in [3.8, 4) is 5.75 Å². The molecular formula is C14H14FN3O2. The molecule has 0 aromatic heterocycles. The van der Waals surface area contributed by atoms with Gasteiger partial charge in [0, 0.05) is 17.3 Å². The maximum atomic E-state index is 13.3. The first-order chi connectivity index (χ1) is 9.51. The van der Waals surface area contributed by atoms with Gasteiger partial charge in [-0.3, -0.25) is 4.79 Å². The normalized spacial score (nSPS) is 10.1. The summed E-state index contributed by atoms with van der Waals surface area (Å²) in [7, 11) is 1.38. The first-order valence-electron chi connectivity index (χ1n) is 5.81. The Hall–Kier alpha value is -2.76. The van der Waals surface area contributed by atoms with Crippen LogP contribution in [-0.2, 0) is 0 Å².